The van der Waals surface area contributed by atoms with E-state index in [1.165, 1.54) is 16.4 Å². The predicted octanol–water partition coefficient (Wildman–Crippen LogP) is 4.54. The van der Waals surface area contributed by atoms with Crippen LogP contribution in [-0.4, -0.2) is 42.7 Å². The lowest BCUT2D eigenvalue weighted by Gasteiger charge is -2.34. The number of piperidine rings is 1. The first-order chi connectivity index (χ1) is 15.3. The molecule has 0 aromatic heterocycles. The Morgan fingerprint density at radius 2 is 1.59 bits per heavy atom. The molecule has 0 spiro atoms. The van der Waals surface area contributed by atoms with Crippen LogP contribution in [0.5, 0.6) is 0 Å². The molecular weight excluding hydrogens is 427 g/mol. The fourth-order valence-electron chi connectivity index (χ4n) is 4.31. The van der Waals surface area contributed by atoms with Crippen LogP contribution in [-0.2, 0) is 21.4 Å². The molecule has 2 aromatic rings. The Hall–Kier alpha value is -2.25. The molecule has 0 bridgehead atoms. The van der Waals surface area contributed by atoms with E-state index in [1.54, 1.807) is 24.3 Å². The minimum Gasteiger partial charge on any atom is -0.335 e. The highest BCUT2D eigenvalue weighted by molar-refractivity contribution is 7.89. The Bertz CT molecular complexity index is 1040. The van der Waals surface area contributed by atoms with Crippen molar-refractivity contribution in [1.29, 1.82) is 0 Å². The lowest BCUT2D eigenvalue weighted by atomic mass is 9.96. The second-order valence-electron chi connectivity index (χ2n) is 9.23. The molecule has 0 atom stereocenters. The maximum Gasteiger partial charge on any atom is 0.243 e. The van der Waals surface area contributed by atoms with E-state index in [0.717, 1.165) is 24.0 Å². The molecule has 32 heavy (non-hydrogen) atoms. The molecule has 0 unspecified atom stereocenters. The highest BCUT2D eigenvalue weighted by Gasteiger charge is 2.38. The molecule has 0 N–H and O–H groups in total. The zero-order valence-corrected chi connectivity index (χ0v) is 19.5. The number of halogens is 1. The summed E-state index contributed by atoms with van der Waals surface area (Å²) in [5.41, 5.74) is 2.02. The summed E-state index contributed by atoms with van der Waals surface area (Å²) in [7, 11) is -3.56. The number of hydrogen-bond acceptors (Lipinski definition) is 3. The molecule has 172 valence electrons. The molecule has 2 aromatic carbocycles. The van der Waals surface area contributed by atoms with Crippen LogP contribution in [0.15, 0.2) is 53.4 Å². The first kappa shape index (κ1) is 22.9. The summed E-state index contributed by atoms with van der Waals surface area (Å²) in [6, 6.07) is 13.6. The Labute approximate surface area is 190 Å². The quantitative estimate of drug-likeness (QED) is 0.612. The van der Waals surface area contributed by atoms with E-state index in [1.807, 2.05) is 17.0 Å². The molecule has 1 amide bonds. The van der Waals surface area contributed by atoms with Crippen LogP contribution in [0.2, 0.25) is 0 Å². The third kappa shape index (κ3) is 5.04. The SMILES string of the molecule is CC(C)c1ccc(S(=O)(=O)N2CCC(C(=O)N(Cc3ccc(F)cc3)C3CC3)CC2)cc1. The van der Waals surface area contributed by atoms with Crippen LogP contribution in [0.25, 0.3) is 0 Å². The van der Waals surface area contributed by atoms with Crippen molar-refractivity contribution in [2.75, 3.05) is 13.1 Å². The van der Waals surface area contributed by atoms with Gasteiger partial charge in [-0.15, -0.1) is 0 Å². The molecular formula is C25H31FN2O3S. The number of rotatable bonds is 7. The standard InChI is InChI=1S/C25H31FN2O3S/c1-18(2)20-5-11-24(12-6-20)32(30,31)27-15-13-21(14-16-27)25(29)28(23-9-10-23)17-19-3-7-22(26)8-4-19/h3-8,11-12,18,21,23H,9-10,13-17H2,1-2H3. The van der Waals surface area contributed by atoms with Crippen LogP contribution in [0.4, 0.5) is 4.39 Å². The summed E-state index contributed by atoms with van der Waals surface area (Å²) < 4.78 is 40.9. The second-order valence-corrected chi connectivity index (χ2v) is 11.2. The predicted molar refractivity (Wildman–Crippen MR) is 122 cm³/mol. The van der Waals surface area contributed by atoms with Gasteiger partial charge in [-0.25, -0.2) is 12.8 Å². The smallest absolute Gasteiger partial charge is 0.243 e. The number of sulfonamides is 1. The van der Waals surface area contributed by atoms with Gasteiger partial charge in [0.25, 0.3) is 0 Å². The Morgan fingerprint density at radius 3 is 2.12 bits per heavy atom. The number of carbonyl (C=O) groups is 1. The average molecular weight is 459 g/mol. The topological polar surface area (TPSA) is 57.7 Å². The number of nitrogens with zero attached hydrogens (tertiary/aromatic N) is 2. The molecule has 1 aliphatic heterocycles. The normalized spacial score (nSPS) is 18.1. The summed E-state index contributed by atoms with van der Waals surface area (Å²) in [5, 5.41) is 0. The van der Waals surface area contributed by atoms with Crippen LogP contribution in [0.3, 0.4) is 0 Å². The van der Waals surface area contributed by atoms with E-state index in [-0.39, 0.29) is 23.7 Å². The minimum absolute atomic E-state index is 0.0927. The van der Waals surface area contributed by atoms with Crippen LogP contribution < -0.4 is 0 Å². The molecule has 1 aliphatic carbocycles. The molecule has 1 saturated heterocycles. The molecule has 7 heteroatoms. The number of hydrogen-bond donors (Lipinski definition) is 0. The fraction of sp³-hybridized carbons (Fsp3) is 0.480. The van der Waals surface area contributed by atoms with Crippen LogP contribution in [0.1, 0.15) is 56.6 Å². The molecule has 0 radical (unpaired) electrons. The molecule has 1 saturated carbocycles. The van der Waals surface area contributed by atoms with E-state index in [2.05, 4.69) is 13.8 Å². The van der Waals surface area contributed by atoms with Gasteiger partial charge in [0.2, 0.25) is 15.9 Å². The van der Waals surface area contributed by atoms with Crippen molar-refractivity contribution in [1.82, 2.24) is 9.21 Å². The third-order valence-electron chi connectivity index (χ3n) is 6.52. The Kier molecular flexibility index (Phi) is 6.67. The zero-order chi connectivity index (χ0) is 22.9. The summed E-state index contributed by atoms with van der Waals surface area (Å²) in [5.74, 6) is -0.0238. The molecule has 5 nitrogen and oxygen atoms in total. The highest BCUT2D eigenvalue weighted by atomic mass is 32.2. The molecule has 4 rings (SSSR count). The van der Waals surface area contributed by atoms with E-state index >= 15 is 0 Å². The van der Waals surface area contributed by atoms with E-state index in [0.29, 0.717) is 43.3 Å². The van der Waals surface area contributed by atoms with Gasteiger partial charge in [0.1, 0.15) is 5.82 Å². The van der Waals surface area contributed by atoms with Gasteiger partial charge in [0, 0.05) is 31.6 Å². The summed E-state index contributed by atoms with van der Waals surface area (Å²) in [6.07, 6.45) is 3.03. The molecule has 2 fully saturated rings. The van der Waals surface area contributed by atoms with Crippen molar-refractivity contribution in [3.63, 3.8) is 0 Å². The van der Waals surface area contributed by atoms with Gasteiger partial charge in [-0.1, -0.05) is 38.1 Å². The minimum atomic E-state index is -3.56. The lowest BCUT2D eigenvalue weighted by Crippen LogP contribution is -2.44. The summed E-state index contributed by atoms with van der Waals surface area (Å²) in [6.45, 7) is 5.32. The van der Waals surface area contributed by atoms with Gasteiger partial charge < -0.3 is 4.90 Å². The number of carbonyl (C=O) groups excluding carboxylic acids is 1. The van der Waals surface area contributed by atoms with Gasteiger partial charge in [-0.05, 0) is 67.0 Å². The summed E-state index contributed by atoms with van der Waals surface area (Å²) in [4.78, 5) is 15.5. The van der Waals surface area contributed by atoms with Crippen molar-refractivity contribution >= 4 is 15.9 Å². The van der Waals surface area contributed by atoms with Crippen LogP contribution >= 0.6 is 0 Å². The number of amides is 1. The van der Waals surface area contributed by atoms with Crippen LogP contribution in [0, 0.1) is 11.7 Å². The highest BCUT2D eigenvalue weighted by Crippen LogP contribution is 2.33. The van der Waals surface area contributed by atoms with Crippen molar-refractivity contribution in [3.8, 4) is 0 Å². The molecule has 1 heterocycles. The average Bonchev–Trinajstić information content (AvgIpc) is 3.63. The van der Waals surface area contributed by atoms with E-state index in [9.17, 15) is 17.6 Å². The first-order valence-electron chi connectivity index (χ1n) is 11.4. The maximum absolute atomic E-state index is 13.3. The van der Waals surface area contributed by atoms with Gasteiger partial charge in [0.15, 0.2) is 0 Å². The van der Waals surface area contributed by atoms with Crippen molar-refractivity contribution in [2.24, 2.45) is 5.92 Å². The van der Waals surface area contributed by atoms with E-state index < -0.39 is 10.0 Å². The van der Waals surface area contributed by atoms with Gasteiger partial charge in [-0.3, -0.25) is 4.79 Å². The Balaban J connectivity index is 1.39. The monoisotopic (exact) mass is 458 g/mol. The first-order valence-corrected chi connectivity index (χ1v) is 12.8. The van der Waals surface area contributed by atoms with Crippen molar-refractivity contribution in [3.05, 3.63) is 65.5 Å². The zero-order valence-electron chi connectivity index (χ0n) is 18.7. The number of benzene rings is 2. The third-order valence-corrected chi connectivity index (χ3v) is 8.44. The van der Waals surface area contributed by atoms with Gasteiger partial charge >= 0.3 is 0 Å². The van der Waals surface area contributed by atoms with E-state index in [4.69, 9.17) is 0 Å². The van der Waals surface area contributed by atoms with Crippen molar-refractivity contribution in [2.45, 2.75) is 62.9 Å². The lowest BCUT2D eigenvalue weighted by molar-refractivity contribution is -0.138. The Morgan fingerprint density at radius 1 is 1.00 bits per heavy atom. The summed E-state index contributed by atoms with van der Waals surface area (Å²) >= 11 is 0. The van der Waals surface area contributed by atoms with Gasteiger partial charge in [0.05, 0.1) is 4.90 Å². The molecule has 2 aliphatic rings. The fourth-order valence-corrected chi connectivity index (χ4v) is 5.78. The second kappa shape index (κ2) is 9.32. The van der Waals surface area contributed by atoms with Crippen molar-refractivity contribution < 1.29 is 17.6 Å². The largest absolute Gasteiger partial charge is 0.335 e. The van der Waals surface area contributed by atoms with Gasteiger partial charge in [-0.2, -0.15) is 4.31 Å². The maximum atomic E-state index is 13.3.